The van der Waals surface area contributed by atoms with Gasteiger partial charge in [0.2, 0.25) is 0 Å². The molecule has 0 radical (unpaired) electrons. The fraction of sp³-hybridized carbons (Fsp3) is 0.278. The molecule has 0 aliphatic heterocycles. The minimum atomic E-state index is -0.198. The van der Waals surface area contributed by atoms with Gasteiger partial charge in [-0.3, -0.25) is 0 Å². The van der Waals surface area contributed by atoms with Gasteiger partial charge >= 0.3 is 6.03 Å². The standard InChI is InChI=1S/C18H21ClN2O2/c1-13-9-14(2)11-17(10-13)23-8-7-21(3)18(22)20-16-6-4-5-15(19)12-16/h4-6,9-12H,7-8H2,1-3H3,(H,20,22). The minimum Gasteiger partial charge on any atom is -0.492 e. The van der Waals surface area contributed by atoms with E-state index in [-0.39, 0.29) is 6.03 Å². The van der Waals surface area contributed by atoms with Gasteiger partial charge < -0.3 is 15.0 Å². The molecule has 0 aliphatic carbocycles. The van der Waals surface area contributed by atoms with E-state index in [0.29, 0.717) is 23.9 Å². The van der Waals surface area contributed by atoms with Crippen molar-refractivity contribution in [1.82, 2.24) is 4.90 Å². The topological polar surface area (TPSA) is 41.6 Å². The number of carbonyl (C=O) groups is 1. The highest BCUT2D eigenvalue weighted by molar-refractivity contribution is 6.30. The number of hydrogen-bond donors (Lipinski definition) is 1. The summed E-state index contributed by atoms with van der Waals surface area (Å²) in [6.07, 6.45) is 0. The first kappa shape index (κ1) is 17.2. The molecule has 2 aromatic carbocycles. The monoisotopic (exact) mass is 332 g/mol. The summed E-state index contributed by atoms with van der Waals surface area (Å²) in [5.41, 5.74) is 2.99. The van der Waals surface area contributed by atoms with Crippen molar-refractivity contribution in [3.05, 3.63) is 58.6 Å². The molecule has 0 heterocycles. The van der Waals surface area contributed by atoms with Gasteiger partial charge in [-0.25, -0.2) is 4.79 Å². The fourth-order valence-corrected chi connectivity index (χ4v) is 2.39. The van der Waals surface area contributed by atoms with Gasteiger partial charge in [-0.2, -0.15) is 0 Å². The zero-order chi connectivity index (χ0) is 16.8. The molecule has 0 saturated carbocycles. The first-order chi connectivity index (χ1) is 10.9. The van der Waals surface area contributed by atoms with Crippen LogP contribution in [0.2, 0.25) is 5.02 Å². The zero-order valence-electron chi connectivity index (χ0n) is 13.6. The van der Waals surface area contributed by atoms with Crippen LogP contribution in [0, 0.1) is 13.8 Å². The molecule has 122 valence electrons. The Morgan fingerprint density at radius 1 is 1.17 bits per heavy atom. The molecule has 1 N–H and O–H groups in total. The summed E-state index contributed by atoms with van der Waals surface area (Å²) < 4.78 is 5.72. The number of aryl methyl sites for hydroxylation is 2. The van der Waals surface area contributed by atoms with Crippen LogP contribution in [0.3, 0.4) is 0 Å². The van der Waals surface area contributed by atoms with Gasteiger partial charge in [0.1, 0.15) is 12.4 Å². The number of ether oxygens (including phenoxy) is 1. The third-order valence-corrected chi connectivity index (χ3v) is 3.55. The second-order valence-corrected chi connectivity index (χ2v) is 5.97. The molecule has 0 unspecified atom stereocenters. The molecule has 0 atom stereocenters. The van der Waals surface area contributed by atoms with Crippen LogP contribution in [-0.2, 0) is 0 Å². The first-order valence-corrected chi connectivity index (χ1v) is 7.80. The summed E-state index contributed by atoms with van der Waals surface area (Å²) >= 11 is 5.90. The first-order valence-electron chi connectivity index (χ1n) is 7.43. The second kappa shape index (κ2) is 7.88. The van der Waals surface area contributed by atoms with Crippen LogP contribution < -0.4 is 10.1 Å². The van der Waals surface area contributed by atoms with E-state index in [0.717, 1.165) is 16.9 Å². The van der Waals surface area contributed by atoms with Gasteiger partial charge in [-0.1, -0.05) is 23.7 Å². The normalized spacial score (nSPS) is 10.3. The second-order valence-electron chi connectivity index (χ2n) is 5.53. The Kier molecular flexibility index (Phi) is 5.88. The van der Waals surface area contributed by atoms with Crippen LogP contribution in [-0.4, -0.2) is 31.1 Å². The molecular formula is C18H21ClN2O2. The lowest BCUT2D eigenvalue weighted by atomic mass is 10.1. The molecular weight excluding hydrogens is 312 g/mol. The summed E-state index contributed by atoms with van der Waals surface area (Å²) in [5.74, 6) is 0.825. The average molecular weight is 333 g/mol. The van der Waals surface area contributed by atoms with Gasteiger partial charge in [0.05, 0.1) is 6.54 Å². The van der Waals surface area contributed by atoms with Crippen molar-refractivity contribution >= 4 is 23.3 Å². The molecule has 2 rings (SSSR count). The molecule has 5 heteroatoms. The number of anilines is 1. The van der Waals surface area contributed by atoms with Crippen LogP contribution in [0.25, 0.3) is 0 Å². The quantitative estimate of drug-likeness (QED) is 0.875. The molecule has 2 amide bonds. The number of urea groups is 1. The van der Waals surface area contributed by atoms with E-state index in [1.54, 1.807) is 36.2 Å². The Balaban J connectivity index is 1.82. The number of amides is 2. The van der Waals surface area contributed by atoms with Crippen LogP contribution in [0.4, 0.5) is 10.5 Å². The number of rotatable bonds is 5. The molecule has 0 aromatic heterocycles. The highest BCUT2D eigenvalue weighted by Gasteiger charge is 2.09. The van der Waals surface area contributed by atoms with Crippen molar-refractivity contribution < 1.29 is 9.53 Å². The lowest BCUT2D eigenvalue weighted by molar-refractivity contribution is 0.207. The third kappa shape index (κ3) is 5.49. The smallest absolute Gasteiger partial charge is 0.321 e. The Hall–Kier alpha value is -2.20. The number of carbonyl (C=O) groups excluding carboxylic acids is 1. The zero-order valence-corrected chi connectivity index (χ0v) is 14.4. The number of nitrogens with one attached hydrogen (secondary N) is 1. The van der Waals surface area contributed by atoms with Gasteiger partial charge in [0.25, 0.3) is 0 Å². The largest absolute Gasteiger partial charge is 0.492 e. The molecule has 0 saturated heterocycles. The van der Waals surface area contributed by atoms with Crippen molar-refractivity contribution in [2.75, 3.05) is 25.5 Å². The van der Waals surface area contributed by atoms with Crippen molar-refractivity contribution in [1.29, 1.82) is 0 Å². The Bertz CT molecular complexity index is 668. The van der Waals surface area contributed by atoms with Crippen molar-refractivity contribution in [2.24, 2.45) is 0 Å². The van der Waals surface area contributed by atoms with E-state index in [1.807, 2.05) is 26.0 Å². The minimum absolute atomic E-state index is 0.198. The van der Waals surface area contributed by atoms with Gasteiger partial charge in [0, 0.05) is 17.8 Å². The molecule has 4 nitrogen and oxygen atoms in total. The maximum atomic E-state index is 12.1. The van der Waals surface area contributed by atoms with E-state index in [9.17, 15) is 4.79 Å². The van der Waals surface area contributed by atoms with Crippen LogP contribution in [0.5, 0.6) is 5.75 Å². The number of likely N-dealkylation sites (N-methyl/N-ethyl adjacent to an activating group) is 1. The molecule has 0 spiro atoms. The van der Waals surface area contributed by atoms with Crippen LogP contribution >= 0.6 is 11.6 Å². The highest BCUT2D eigenvalue weighted by Crippen LogP contribution is 2.17. The highest BCUT2D eigenvalue weighted by atomic mass is 35.5. The summed E-state index contributed by atoms with van der Waals surface area (Å²) in [4.78, 5) is 13.7. The summed E-state index contributed by atoms with van der Waals surface area (Å²) in [7, 11) is 1.73. The van der Waals surface area contributed by atoms with E-state index in [2.05, 4.69) is 11.4 Å². The van der Waals surface area contributed by atoms with Gasteiger partial charge in [0.15, 0.2) is 0 Å². The number of halogens is 1. The Morgan fingerprint density at radius 2 is 1.87 bits per heavy atom. The number of nitrogens with zero attached hydrogens (tertiary/aromatic N) is 1. The van der Waals surface area contributed by atoms with Crippen LogP contribution in [0.1, 0.15) is 11.1 Å². The third-order valence-electron chi connectivity index (χ3n) is 3.31. The lowest BCUT2D eigenvalue weighted by Gasteiger charge is -2.18. The average Bonchev–Trinajstić information content (AvgIpc) is 2.46. The summed E-state index contributed by atoms with van der Waals surface area (Å²) in [5, 5.41) is 3.38. The summed E-state index contributed by atoms with van der Waals surface area (Å²) in [6.45, 7) is 4.98. The van der Waals surface area contributed by atoms with Crippen molar-refractivity contribution in [2.45, 2.75) is 13.8 Å². The molecule has 0 bridgehead atoms. The summed E-state index contributed by atoms with van der Waals surface area (Å²) in [6, 6.07) is 12.9. The van der Waals surface area contributed by atoms with Crippen molar-refractivity contribution in [3.63, 3.8) is 0 Å². The van der Waals surface area contributed by atoms with Gasteiger partial charge in [-0.15, -0.1) is 0 Å². The lowest BCUT2D eigenvalue weighted by Crippen LogP contribution is -2.34. The SMILES string of the molecule is Cc1cc(C)cc(OCCN(C)C(=O)Nc2cccc(Cl)c2)c1. The van der Waals surface area contributed by atoms with E-state index >= 15 is 0 Å². The number of benzene rings is 2. The van der Waals surface area contributed by atoms with E-state index < -0.39 is 0 Å². The van der Waals surface area contributed by atoms with Gasteiger partial charge in [-0.05, 0) is 55.3 Å². The maximum absolute atomic E-state index is 12.1. The van der Waals surface area contributed by atoms with Crippen molar-refractivity contribution in [3.8, 4) is 5.75 Å². The molecule has 23 heavy (non-hydrogen) atoms. The van der Waals surface area contributed by atoms with Crippen LogP contribution in [0.15, 0.2) is 42.5 Å². The molecule has 2 aromatic rings. The molecule has 0 aliphatic rings. The maximum Gasteiger partial charge on any atom is 0.321 e. The van der Waals surface area contributed by atoms with E-state index in [1.165, 1.54) is 0 Å². The Labute approximate surface area is 142 Å². The Morgan fingerprint density at radius 3 is 2.52 bits per heavy atom. The predicted octanol–water partition coefficient (Wildman–Crippen LogP) is 4.50. The molecule has 0 fully saturated rings. The fourth-order valence-electron chi connectivity index (χ4n) is 2.20. The number of hydrogen-bond acceptors (Lipinski definition) is 2. The van der Waals surface area contributed by atoms with E-state index in [4.69, 9.17) is 16.3 Å². The predicted molar refractivity (Wildman–Crippen MR) is 94.5 cm³/mol.